The molecule has 90 valence electrons. The van der Waals surface area contributed by atoms with E-state index in [-0.39, 0.29) is 0 Å². The normalized spacial score (nSPS) is 16.2. The summed E-state index contributed by atoms with van der Waals surface area (Å²) in [5, 5.41) is 3.57. The van der Waals surface area contributed by atoms with Crippen molar-refractivity contribution in [2.45, 2.75) is 57.9 Å². The molecule has 0 saturated heterocycles. The lowest BCUT2D eigenvalue weighted by Gasteiger charge is -2.15. The van der Waals surface area contributed by atoms with Crippen LogP contribution in [0.4, 0.5) is 0 Å². The first-order valence-corrected chi connectivity index (χ1v) is 6.75. The number of hydrogen-bond acceptors (Lipinski definition) is 2. The minimum Gasteiger partial charge on any atom is -0.314 e. The van der Waals surface area contributed by atoms with Crippen LogP contribution >= 0.6 is 0 Å². The summed E-state index contributed by atoms with van der Waals surface area (Å²) >= 11 is 0. The number of hydrogen-bond donors (Lipinski definition) is 1. The van der Waals surface area contributed by atoms with Gasteiger partial charge in [0.15, 0.2) is 0 Å². The van der Waals surface area contributed by atoms with E-state index in [1.807, 2.05) is 0 Å². The fourth-order valence-corrected chi connectivity index (χ4v) is 1.82. The molecule has 1 saturated carbocycles. The van der Waals surface area contributed by atoms with Crippen LogP contribution in [0.3, 0.4) is 0 Å². The van der Waals surface area contributed by atoms with Crippen molar-refractivity contribution in [2.75, 3.05) is 26.7 Å². The Kier molecular flexibility index (Phi) is 7.03. The first-order valence-electron chi connectivity index (χ1n) is 6.75. The van der Waals surface area contributed by atoms with Gasteiger partial charge in [-0.1, -0.05) is 19.8 Å². The second-order valence-corrected chi connectivity index (χ2v) is 4.95. The summed E-state index contributed by atoms with van der Waals surface area (Å²) in [6.45, 7) is 6.06. The zero-order valence-corrected chi connectivity index (χ0v) is 10.6. The molecule has 0 aliphatic heterocycles. The molecule has 1 rings (SSSR count). The zero-order valence-electron chi connectivity index (χ0n) is 10.6. The number of nitrogens with zero attached hydrogens (tertiary/aromatic N) is 1. The predicted molar refractivity (Wildman–Crippen MR) is 67.3 cm³/mol. The maximum atomic E-state index is 3.57. The zero-order chi connectivity index (χ0) is 10.9. The molecule has 0 aromatic carbocycles. The first-order chi connectivity index (χ1) is 7.33. The van der Waals surface area contributed by atoms with Gasteiger partial charge in [-0.15, -0.1) is 0 Å². The highest BCUT2D eigenvalue weighted by Crippen LogP contribution is 2.18. The maximum absolute atomic E-state index is 3.57. The molecule has 1 aliphatic rings. The predicted octanol–water partition coefficient (Wildman–Crippen LogP) is 2.64. The van der Waals surface area contributed by atoms with Gasteiger partial charge >= 0.3 is 0 Å². The topological polar surface area (TPSA) is 15.3 Å². The van der Waals surface area contributed by atoms with Crippen molar-refractivity contribution in [3.63, 3.8) is 0 Å². The van der Waals surface area contributed by atoms with Crippen molar-refractivity contribution >= 4 is 0 Å². The van der Waals surface area contributed by atoms with E-state index in [2.05, 4.69) is 24.2 Å². The lowest BCUT2D eigenvalue weighted by molar-refractivity contribution is 0.318. The third-order valence-electron chi connectivity index (χ3n) is 3.12. The summed E-state index contributed by atoms with van der Waals surface area (Å²) in [6.07, 6.45) is 9.61. The number of rotatable bonds is 10. The van der Waals surface area contributed by atoms with Crippen LogP contribution < -0.4 is 5.32 Å². The highest BCUT2D eigenvalue weighted by Gasteiger charge is 2.19. The van der Waals surface area contributed by atoms with Crippen LogP contribution in [0, 0.1) is 0 Å². The molecule has 15 heavy (non-hydrogen) atoms. The summed E-state index contributed by atoms with van der Waals surface area (Å²) in [4.78, 5) is 2.47. The minimum atomic E-state index is 0.886. The molecule has 1 fully saturated rings. The Morgan fingerprint density at radius 1 is 1.07 bits per heavy atom. The highest BCUT2D eigenvalue weighted by molar-refractivity contribution is 4.80. The van der Waals surface area contributed by atoms with Gasteiger partial charge in [0.2, 0.25) is 0 Å². The van der Waals surface area contributed by atoms with E-state index < -0.39 is 0 Å². The fourth-order valence-electron chi connectivity index (χ4n) is 1.82. The van der Waals surface area contributed by atoms with E-state index in [9.17, 15) is 0 Å². The summed E-state index contributed by atoms with van der Waals surface area (Å²) in [7, 11) is 2.25. The Morgan fingerprint density at radius 2 is 1.80 bits per heavy atom. The molecule has 0 unspecified atom stereocenters. The van der Waals surface area contributed by atoms with Gasteiger partial charge in [-0.25, -0.2) is 0 Å². The van der Waals surface area contributed by atoms with Crippen molar-refractivity contribution in [1.82, 2.24) is 10.2 Å². The third kappa shape index (κ3) is 7.80. The van der Waals surface area contributed by atoms with E-state index in [4.69, 9.17) is 0 Å². The standard InChI is InChI=1S/C13H28N2/c1-3-4-11-15(2)12-7-5-6-10-14-13-8-9-13/h13-14H,3-12H2,1-2H3. The molecule has 0 aromatic heterocycles. The quantitative estimate of drug-likeness (QED) is 0.560. The van der Waals surface area contributed by atoms with Crippen LogP contribution in [0.5, 0.6) is 0 Å². The van der Waals surface area contributed by atoms with Gasteiger partial charge in [0.25, 0.3) is 0 Å². The molecule has 1 aliphatic carbocycles. The smallest absolute Gasteiger partial charge is 0.00682 e. The second-order valence-electron chi connectivity index (χ2n) is 4.95. The summed E-state index contributed by atoms with van der Waals surface area (Å²) in [5.41, 5.74) is 0. The average molecular weight is 212 g/mol. The van der Waals surface area contributed by atoms with Crippen LogP contribution in [0.2, 0.25) is 0 Å². The number of nitrogens with one attached hydrogen (secondary N) is 1. The molecule has 1 N–H and O–H groups in total. The van der Waals surface area contributed by atoms with Gasteiger partial charge < -0.3 is 10.2 Å². The van der Waals surface area contributed by atoms with Crippen LogP contribution in [0.15, 0.2) is 0 Å². The monoisotopic (exact) mass is 212 g/mol. The average Bonchev–Trinajstić information content (AvgIpc) is 3.04. The van der Waals surface area contributed by atoms with Crippen LogP contribution in [-0.2, 0) is 0 Å². The van der Waals surface area contributed by atoms with E-state index in [0.717, 1.165) is 6.04 Å². The molecule has 0 bridgehead atoms. The van der Waals surface area contributed by atoms with Gasteiger partial charge in [0.1, 0.15) is 0 Å². The molecule has 2 nitrogen and oxygen atoms in total. The molecule has 0 aromatic rings. The summed E-state index contributed by atoms with van der Waals surface area (Å²) in [5.74, 6) is 0. The van der Waals surface area contributed by atoms with E-state index >= 15 is 0 Å². The Labute approximate surface area is 95.4 Å². The van der Waals surface area contributed by atoms with Gasteiger partial charge in [-0.05, 0) is 58.8 Å². The van der Waals surface area contributed by atoms with Crippen LogP contribution in [0.25, 0.3) is 0 Å². The summed E-state index contributed by atoms with van der Waals surface area (Å²) < 4.78 is 0. The van der Waals surface area contributed by atoms with Crippen molar-refractivity contribution in [3.8, 4) is 0 Å². The first kappa shape index (κ1) is 13.0. The maximum Gasteiger partial charge on any atom is 0.00682 e. The van der Waals surface area contributed by atoms with Gasteiger partial charge in [0.05, 0.1) is 0 Å². The van der Waals surface area contributed by atoms with E-state index in [1.54, 1.807) is 0 Å². The van der Waals surface area contributed by atoms with E-state index in [0.29, 0.717) is 0 Å². The molecule has 0 radical (unpaired) electrons. The largest absolute Gasteiger partial charge is 0.314 e. The lowest BCUT2D eigenvalue weighted by Crippen LogP contribution is -2.21. The molecule has 0 spiro atoms. The molecule has 0 amide bonds. The highest BCUT2D eigenvalue weighted by atomic mass is 15.1. The molecular weight excluding hydrogens is 184 g/mol. The fraction of sp³-hybridized carbons (Fsp3) is 1.00. The minimum absolute atomic E-state index is 0.886. The van der Waals surface area contributed by atoms with Gasteiger partial charge in [-0.2, -0.15) is 0 Å². The Hall–Kier alpha value is -0.0800. The third-order valence-corrected chi connectivity index (χ3v) is 3.12. The Morgan fingerprint density at radius 3 is 2.47 bits per heavy atom. The Balaban J connectivity index is 1.74. The van der Waals surface area contributed by atoms with Crippen LogP contribution in [0.1, 0.15) is 51.9 Å². The summed E-state index contributed by atoms with van der Waals surface area (Å²) in [6, 6.07) is 0.886. The van der Waals surface area contributed by atoms with Gasteiger partial charge in [-0.3, -0.25) is 0 Å². The van der Waals surface area contributed by atoms with Crippen molar-refractivity contribution in [3.05, 3.63) is 0 Å². The number of unbranched alkanes of at least 4 members (excludes halogenated alkanes) is 3. The SMILES string of the molecule is CCCCN(C)CCCCCNC1CC1. The Bertz CT molecular complexity index is 143. The van der Waals surface area contributed by atoms with Gasteiger partial charge in [0, 0.05) is 6.04 Å². The molecule has 0 heterocycles. The van der Waals surface area contributed by atoms with Crippen molar-refractivity contribution in [2.24, 2.45) is 0 Å². The van der Waals surface area contributed by atoms with Crippen molar-refractivity contribution < 1.29 is 0 Å². The van der Waals surface area contributed by atoms with Crippen molar-refractivity contribution in [1.29, 1.82) is 0 Å². The van der Waals surface area contributed by atoms with Crippen LogP contribution in [-0.4, -0.2) is 37.6 Å². The second kappa shape index (κ2) is 8.12. The lowest BCUT2D eigenvalue weighted by atomic mass is 10.2. The molecule has 0 atom stereocenters. The van der Waals surface area contributed by atoms with E-state index in [1.165, 1.54) is 64.6 Å². The molecular formula is C13H28N2. The molecule has 2 heteroatoms.